The number of hydroxylamine groups is 3. The van der Waals surface area contributed by atoms with Crippen LogP contribution in [0, 0.1) is 5.92 Å². The number of halogens is 6. The number of quaternary nitrogens is 1. The zero-order valence-corrected chi connectivity index (χ0v) is 24.6. The molecule has 3 aromatic carbocycles. The average Bonchev–Trinajstić information content (AvgIpc) is 3.00. The number of hydrogen-bond donors (Lipinski definition) is 2. The van der Waals surface area contributed by atoms with Gasteiger partial charge in [-0.05, 0) is 66.1 Å². The predicted molar refractivity (Wildman–Crippen MR) is 150 cm³/mol. The lowest BCUT2D eigenvalue weighted by Gasteiger charge is -2.44. The van der Waals surface area contributed by atoms with E-state index in [1.165, 1.54) is 24.3 Å². The van der Waals surface area contributed by atoms with Gasteiger partial charge in [0.15, 0.2) is 6.29 Å². The Balaban J connectivity index is 1.29. The van der Waals surface area contributed by atoms with Crippen LogP contribution in [0.3, 0.4) is 0 Å². The Labute approximate surface area is 261 Å². The van der Waals surface area contributed by atoms with Crippen molar-refractivity contribution in [2.45, 2.75) is 50.4 Å². The Morgan fingerprint density at radius 1 is 0.696 bits per heavy atom. The number of hydrogen-bond acceptors (Lipinski definition) is 7. The lowest BCUT2D eigenvalue weighted by atomic mass is 9.72. The monoisotopic (exact) mass is 658 g/mol. The molecule has 8 nitrogen and oxygen atoms in total. The second-order valence-corrected chi connectivity index (χ2v) is 11.4. The van der Waals surface area contributed by atoms with Crippen LogP contribution in [-0.2, 0) is 21.6 Å². The molecule has 2 heterocycles. The van der Waals surface area contributed by atoms with Gasteiger partial charge in [0, 0.05) is 24.3 Å². The van der Waals surface area contributed by atoms with E-state index in [0.29, 0.717) is 19.0 Å². The minimum Gasteiger partial charge on any atom is -0.488 e. The van der Waals surface area contributed by atoms with Crippen LogP contribution in [-0.4, -0.2) is 66.9 Å². The molecule has 2 N–H and O–H groups in total. The van der Waals surface area contributed by atoms with Crippen molar-refractivity contribution in [1.29, 1.82) is 0 Å². The van der Waals surface area contributed by atoms with Gasteiger partial charge in [-0.2, -0.15) is 4.65 Å². The van der Waals surface area contributed by atoms with E-state index < -0.39 is 42.0 Å². The third-order valence-electron chi connectivity index (χ3n) is 8.12. The van der Waals surface area contributed by atoms with Crippen molar-refractivity contribution in [3.63, 3.8) is 0 Å². The van der Waals surface area contributed by atoms with Crippen LogP contribution in [0.1, 0.15) is 36.0 Å². The minimum atomic E-state index is -4.91. The van der Waals surface area contributed by atoms with Crippen molar-refractivity contribution in [3.05, 3.63) is 89.5 Å². The third kappa shape index (κ3) is 8.82. The van der Waals surface area contributed by atoms with Crippen LogP contribution in [0.4, 0.5) is 26.3 Å². The molecule has 2 saturated heterocycles. The van der Waals surface area contributed by atoms with Gasteiger partial charge in [-0.25, -0.2) is 5.21 Å². The summed E-state index contributed by atoms with van der Waals surface area (Å²) in [5.74, 6) is -0.911. The number of ether oxygens (including phenoxy) is 5. The molecule has 0 spiro atoms. The summed E-state index contributed by atoms with van der Waals surface area (Å²) in [7, 11) is 0. The van der Waals surface area contributed by atoms with E-state index in [0.717, 1.165) is 36.2 Å². The third-order valence-corrected chi connectivity index (χ3v) is 8.12. The summed E-state index contributed by atoms with van der Waals surface area (Å²) in [6.45, 7) is 2.22. The molecule has 0 unspecified atom stereocenters. The first kappa shape index (κ1) is 33.8. The van der Waals surface area contributed by atoms with Crippen molar-refractivity contribution >= 4 is 0 Å². The fourth-order valence-corrected chi connectivity index (χ4v) is 5.91. The van der Waals surface area contributed by atoms with E-state index >= 15 is 0 Å². The molecule has 3 aromatic rings. The first-order valence-corrected chi connectivity index (χ1v) is 14.7. The first-order chi connectivity index (χ1) is 21.7. The quantitative estimate of drug-likeness (QED) is 0.186. The maximum Gasteiger partial charge on any atom is 0.573 e. The van der Waals surface area contributed by atoms with Crippen LogP contribution in [0.2, 0.25) is 0 Å². The highest BCUT2D eigenvalue weighted by molar-refractivity contribution is 5.42. The fourth-order valence-electron chi connectivity index (χ4n) is 5.91. The molecule has 14 heteroatoms. The normalized spacial score (nSPS) is 21.5. The number of rotatable bonds is 10. The molecule has 0 saturated carbocycles. The highest BCUT2D eigenvalue weighted by atomic mass is 19.4. The molecule has 0 aromatic heterocycles. The first-order valence-electron chi connectivity index (χ1n) is 14.7. The lowest BCUT2D eigenvalue weighted by molar-refractivity contribution is -1.12. The van der Waals surface area contributed by atoms with Crippen molar-refractivity contribution in [3.8, 4) is 17.2 Å². The van der Waals surface area contributed by atoms with Gasteiger partial charge in [0.25, 0.3) is 0 Å². The van der Waals surface area contributed by atoms with E-state index in [2.05, 4.69) is 9.47 Å². The number of piperidine rings is 1. The van der Waals surface area contributed by atoms with Crippen LogP contribution in [0.5, 0.6) is 17.2 Å². The Kier molecular flexibility index (Phi) is 10.0. The summed E-state index contributed by atoms with van der Waals surface area (Å²) < 4.78 is 101. The molecule has 0 bridgehead atoms. The number of alkyl halides is 6. The molecular weight excluding hydrogens is 624 g/mol. The SMILES string of the molecule is OC(c1ccc(OC(F)(F)F)cc1)(c1ccc(OC(F)(F)F)cc1)C1CC[N+](O)(Cc2ccc(OCC3OCCCO3)cc2)CC1. The van der Waals surface area contributed by atoms with Gasteiger partial charge in [0.05, 0.1) is 13.2 Å². The van der Waals surface area contributed by atoms with Gasteiger partial charge in [-0.3, -0.25) is 0 Å². The topological polar surface area (TPSA) is 86.6 Å². The van der Waals surface area contributed by atoms with Crippen LogP contribution in [0.15, 0.2) is 72.8 Å². The lowest BCUT2D eigenvalue weighted by Crippen LogP contribution is -2.53. The molecule has 5 rings (SSSR count). The molecule has 0 amide bonds. The summed E-state index contributed by atoms with van der Waals surface area (Å²) in [4.78, 5) is 0. The summed E-state index contributed by atoms with van der Waals surface area (Å²) in [6, 6.07) is 16.6. The van der Waals surface area contributed by atoms with Gasteiger partial charge >= 0.3 is 12.7 Å². The fraction of sp³-hybridized carbons (Fsp3) is 0.438. The van der Waals surface area contributed by atoms with Crippen molar-refractivity contribution in [1.82, 2.24) is 0 Å². The van der Waals surface area contributed by atoms with E-state index in [9.17, 15) is 36.7 Å². The van der Waals surface area contributed by atoms with Crippen LogP contribution >= 0.6 is 0 Å². The maximum atomic E-state index is 12.7. The Morgan fingerprint density at radius 2 is 1.15 bits per heavy atom. The Hall–Kier alpha value is -3.56. The summed E-state index contributed by atoms with van der Waals surface area (Å²) in [5.41, 5.74) is -0.541. The number of nitrogens with zero attached hydrogens (tertiary/aromatic N) is 1. The van der Waals surface area contributed by atoms with Gasteiger partial charge < -0.3 is 28.8 Å². The molecule has 2 aliphatic rings. The zero-order valence-electron chi connectivity index (χ0n) is 24.6. The molecule has 0 atom stereocenters. The van der Waals surface area contributed by atoms with Crippen molar-refractivity contribution in [2.24, 2.45) is 5.92 Å². The van der Waals surface area contributed by atoms with Crippen molar-refractivity contribution < 1.29 is 65.0 Å². The molecule has 0 aliphatic carbocycles. The van der Waals surface area contributed by atoms with E-state index in [-0.39, 0.29) is 54.9 Å². The summed E-state index contributed by atoms with van der Waals surface area (Å²) >= 11 is 0. The Morgan fingerprint density at radius 3 is 1.61 bits per heavy atom. The van der Waals surface area contributed by atoms with Crippen LogP contribution in [0.25, 0.3) is 0 Å². The molecule has 250 valence electrons. The van der Waals surface area contributed by atoms with Gasteiger partial charge in [-0.15, -0.1) is 26.3 Å². The van der Waals surface area contributed by atoms with Crippen molar-refractivity contribution in [2.75, 3.05) is 32.9 Å². The van der Waals surface area contributed by atoms with Crippen LogP contribution < -0.4 is 14.2 Å². The van der Waals surface area contributed by atoms with Gasteiger partial charge in [0.2, 0.25) is 0 Å². The molecule has 2 fully saturated rings. The van der Waals surface area contributed by atoms with E-state index in [1.807, 2.05) is 12.1 Å². The van der Waals surface area contributed by atoms with E-state index in [1.54, 1.807) is 12.1 Å². The molecule has 2 aliphatic heterocycles. The second-order valence-electron chi connectivity index (χ2n) is 11.4. The highest BCUT2D eigenvalue weighted by Crippen LogP contribution is 2.44. The predicted octanol–water partition coefficient (Wildman–Crippen LogP) is 6.68. The van der Waals surface area contributed by atoms with Gasteiger partial charge in [0.1, 0.15) is 49.1 Å². The number of benzene rings is 3. The summed E-state index contributed by atoms with van der Waals surface area (Å²) in [5, 5.41) is 23.6. The Bertz CT molecular complexity index is 1340. The highest BCUT2D eigenvalue weighted by Gasteiger charge is 2.46. The second kappa shape index (κ2) is 13.7. The number of likely N-dealkylation sites (tertiary alicyclic amines) is 1. The zero-order chi connectivity index (χ0) is 33.0. The molecule has 0 radical (unpaired) electrons. The maximum absolute atomic E-state index is 12.7. The smallest absolute Gasteiger partial charge is 0.488 e. The number of aliphatic hydroxyl groups is 1. The van der Waals surface area contributed by atoms with Gasteiger partial charge in [-0.1, -0.05) is 24.3 Å². The average molecular weight is 659 g/mol. The largest absolute Gasteiger partial charge is 0.573 e. The standard InChI is InChI=1S/C32H34F6NO7/c33-31(34,35)45-27-10-4-23(5-11-27)30(40,24-6-12-28(13-7-24)46-32(36,37)38)25-14-16-39(41,17-15-25)20-22-2-8-26(9-3-22)44-21-29-42-18-1-19-43-29/h2-13,25,29,40-41H,1,14-21H2/q+1. The minimum absolute atomic E-state index is 0.217. The van der Waals surface area contributed by atoms with E-state index in [4.69, 9.17) is 14.2 Å². The molecular formula is C32H34F6NO7+. The summed E-state index contributed by atoms with van der Waals surface area (Å²) in [6.07, 6.45) is -8.83. The molecule has 46 heavy (non-hydrogen) atoms.